The number of thioether (sulfide) groups is 1. The molecule has 2 nitrogen and oxygen atoms in total. The van der Waals surface area contributed by atoms with Gasteiger partial charge in [0, 0.05) is 5.56 Å². The molecule has 0 atom stereocenters. The summed E-state index contributed by atoms with van der Waals surface area (Å²) in [7, 11) is 1.21. The first kappa shape index (κ1) is 15.9. The van der Waals surface area contributed by atoms with Crippen molar-refractivity contribution in [2.45, 2.75) is 25.9 Å². The van der Waals surface area contributed by atoms with Crippen LogP contribution in [-0.4, -0.2) is 18.5 Å². The summed E-state index contributed by atoms with van der Waals surface area (Å²) in [6.45, 7) is 1.86. The summed E-state index contributed by atoms with van der Waals surface area (Å²) in [5.41, 5.74) is -0.417. The molecule has 0 fully saturated rings. The monoisotopic (exact) mass is 292 g/mol. The molecule has 1 aromatic rings. The molecule has 0 radical (unpaired) electrons. The number of halogens is 3. The Bertz CT molecular complexity index is 470. The van der Waals surface area contributed by atoms with E-state index in [1.807, 2.05) is 6.92 Å². The van der Waals surface area contributed by atoms with E-state index in [-0.39, 0.29) is 16.4 Å². The van der Waals surface area contributed by atoms with Gasteiger partial charge in [0.2, 0.25) is 5.12 Å². The zero-order chi connectivity index (χ0) is 14.6. The Balaban J connectivity index is 3.49. The van der Waals surface area contributed by atoms with Gasteiger partial charge in [-0.25, -0.2) is 0 Å². The van der Waals surface area contributed by atoms with Gasteiger partial charge in [0.05, 0.1) is 12.7 Å². The number of hydrogen-bond acceptors (Lipinski definition) is 3. The molecule has 0 bridgehead atoms. The number of methoxy groups -OCH3 is 1. The van der Waals surface area contributed by atoms with Crippen LogP contribution < -0.4 is 4.74 Å². The van der Waals surface area contributed by atoms with Crippen molar-refractivity contribution in [3.63, 3.8) is 0 Å². The largest absolute Gasteiger partial charge is 0.496 e. The zero-order valence-electron chi connectivity index (χ0n) is 10.9. The Morgan fingerprint density at radius 2 is 2.00 bits per heavy atom. The zero-order valence-corrected chi connectivity index (χ0v) is 11.7. The number of hydrogen-bond donors (Lipinski definition) is 0. The number of carbonyl (C=O) groups is 1. The maximum absolute atomic E-state index is 13.0. The van der Waals surface area contributed by atoms with E-state index in [4.69, 9.17) is 4.74 Å². The Labute approximate surface area is 114 Å². The number of rotatable bonds is 4. The molecule has 0 saturated carbocycles. The summed E-state index contributed by atoms with van der Waals surface area (Å²) in [6, 6.07) is 2.34. The molecule has 0 saturated heterocycles. The maximum atomic E-state index is 13.0. The molecule has 0 unspecified atom stereocenters. The van der Waals surface area contributed by atoms with Crippen LogP contribution in [0.4, 0.5) is 13.2 Å². The van der Waals surface area contributed by atoms with E-state index in [1.54, 1.807) is 6.26 Å². The fraction of sp³-hybridized carbons (Fsp3) is 0.462. The van der Waals surface area contributed by atoms with Crippen molar-refractivity contribution in [3.8, 4) is 5.75 Å². The second kappa shape index (κ2) is 6.32. The summed E-state index contributed by atoms with van der Waals surface area (Å²) in [5.74, 6) is -0.188. The first-order valence-electron chi connectivity index (χ1n) is 5.71. The van der Waals surface area contributed by atoms with Crippen molar-refractivity contribution in [1.29, 1.82) is 0 Å². The molecule has 0 aliphatic carbocycles. The number of carbonyl (C=O) groups excluding carboxylic acids is 1. The minimum atomic E-state index is -4.54. The molecule has 0 aromatic heterocycles. The van der Waals surface area contributed by atoms with E-state index < -0.39 is 11.7 Å². The average molecular weight is 292 g/mol. The summed E-state index contributed by atoms with van der Waals surface area (Å²) in [5, 5.41) is -0.384. The second-order valence-corrected chi connectivity index (χ2v) is 4.73. The summed E-state index contributed by atoms with van der Waals surface area (Å²) in [6.07, 6.45) is -1.89. The first-order chi connectivity index (χ1) is 8.85. The molecule has 0 aliphatic rings. The lowest BCUT2D eigenvalue weighted by Crippen LogP contribution is -2.11. The molecule has 1 aromatic carbocycles. The van der Waals surface area contributed by atoms with Gasteiger partial charge < -0.3 is 4.74 Å². The van der Waals surface area contributed by atoms with Crippen LogP contribution in [0.3, 0.4) is 0 Å². The molecule has 19 heavy (non-hydrogen) atoms. The van der Waals surface area contributed by atoms with Crippen LogP contribution in [0.1, 0.15) is 34.8 Å². The van der Waals surface area contributed by atoms with Gasteiger partial charge >= 0.3 is 6.18 Å². The van der Waals surface area contributed by atoms with Crippen LogP contribution in [0.15, 0.2) is 12.1 Å². The van der Waals surface area contributed by atoms with Crippen molar-refractivity contribution in [1.82, 2.24) is 0 Å². The average Bonchev–Trinajstić information content (AvgIpc) is 2.36. The molecule has 0 amide bonds. The summed E-state index contributed by atoms with van der Waals surface area (Å²) < 4.78 is 43.9. The fourth-order valence-electron chi connectivity index (χ4n) is 1.83. The Hall–Kier alpha value is -1.17. The molecule has 0 N–H and O–H groups in total. The van der Waals surface area contributed by atoms with Crippen LogP contribution in [-0.2, 0) is 12.6 Å². The molecule has 0 aliphatic heterocycles. The third-order valence-electron chi connectivity index (χ3n) is 2.62. The van der Waals surface area contributed by atoms with Gasteiger partial charge in [-0.3, -0.25) is 4.79 Å². The van der Waals surface area contributed by atoms with E-state index >= 15 is 0 Å². The maximum Gasteiger partial charge on any atom is 0.419 e. The SMILES string of the molecule is CCCc1cc(C(=O)SC)cc(C(F)(F)F)c1OC. The minimum absolute atomic E-state index is 0.0593. The van der Waals surface area contributed by atoms with Gasteiger partial charge in [0.15, 0.2) is 0 Å². The summed E-state index contributed by atoms with van der Waals surface area (Å²) in [4.78, 5) is 11.6. The second-order valence-electron chi connectivity index (χ2n) is 3.96. The van der Waals surface area contributed by atoms with Gasteiger partial charge in [-0.2, -0.15) is 13.2 Å². The topological polar surface area (TPSA) is 26.3 Å². The van der Waals surface area contributed by atoms with E-state index in [1.165, 1.54) is 13.2 Å². The normalized spacial score (nSPS) is 11.5. The van der Waals surface area contributed by atoms with E-state index in [0.29, 0.717) is 18.4 Å². The quantitative estimate of drug-likeness (QED) is 0.833. The Morgan fingerprint density at radius 3 is 2.42 bits per heavy atom. The van der Waals surface area contributed by atoms with E-state index in [9.17, 15) is 18.0 Å². The third kappa shape index (κ3) is 3.65. The minimum Gasteiger partial charge on any atom is -0.496 e. The van der Waals surface area contributed by atoms with Gasteiger partial charge in [-0.1, -0.05) is 25.1 Å². The predicted octanol–water partition coefficient (Wildman–Crippen LogP) is 4.17. The highest BCUT2D eigenvalue weighted by Gasteiger charge is 2.36. The molecule has 1 rings (SSSR count). The molecule has 106 valence electrons. The van der Waals surface area contributed by atoms with Crippen molar-refractivity contribution >= 4 is 16.9 Å². The molecule has 0 spiro atoms. The lowest BCUT2D eigenvalue weighted by molar-refractivity contribution is -0.138. The third-order valence-corrected chi connectivity index (χ3v) is 3.22. The van der Waals surface area contributed by atoms with Crippen LogP contribution in [0.25, 0.3) is 0 Å². The van der Waals surface area contributed by atoms with Gasteiger partial charge in [0.25, 0.3) is 0 Å². The van der Waals surface area contributed by atoms with Crippen molar-refractivity contribution < 1.29 is 22.7 Å². The standard InChI is InChI=1S/C13H15F3O2S/c1-4-5-8-6-9(12(17)19-3)7-10(11(8)18-2)13(14,15)16/h6-7H,4-5H2,1-3H3. The van der Waals surface area contributed by atoms with Gasteiger partial charge in [0.1, 0.15) is 5.75 Å². The van der Waals surface area contributed by atoms with E-state index in [0.717, 1.165) is 17.8 Å². The van der Waals surface area contributed by atoms with Crippen molar-refractivity contribution in [2.24, 2.45) is 0 Å². The lowest BCUT2D eigenvalue weighted by atomic mass is 10.0. The predicted molar refractivity (Wildman–Crippen MR) is 69.8 cm³/mol. The molecular weight excluding hydrogens is 277 g/mol. The fourth-order valence-corrected chi connectivity index (χ4v) is 2.18. The smallest absolute Gasteiger partial charge is 0.419 e. The molecule has 6 heteroatoms. The summed E-state index contributed by atoms with van der Waals surface area (Å²) >= 11 is 0.890. The van der Waals surface area contributed by atoms with Gasteiger partial charge in [-0.15, -0.1) is 0 Å². The van der Waals surface area contributed by atoms with Crippen LogP contribution in [0, 0.1) is 0 Å². The van der Waals surface area contributed by atoms with Crippen LogP contribution in [0.5, 0.6) is 5.75 Å². The van der Waals surface area contributed by atoms with Crippen LogP contribution >= 0.6 is 11.8 Å². The van der Waals surface area contributed by atoms with Crippen molar-refractivity contribution in [3.05, 3.63) is 28.8 Å². The number of benzene rings is 1. The Morgan fingerprint density at radius 1 is 1.37 bits per heavy atom. The number of alkyl halides is 3. The number of aryl methyl sites for hydroxylation is 1. The van der Waals surface area contributed by atoms with Crippen LogP contribution in [0.2, 0.25) is 0 Å². The lowest BCUT2D eigenvalue weighted by Gasteiger charge is -2.17. The molecular formula is C13H15F3O2S. The van der Waals surface area contributed by atoms with Crippen molar-refractivity contribution in [2.75, 3.05) is 13.4 Å². The highest BCUT2D eigenvalue weighted by atomic mass is 32.2. The first-order valence-corrected chi connectivity index (χ1v) is 6.94. The number of ether oxygens (including phenoxy) is 1. The highest BCUT2D eigenvalue weighted by Crippen LogP contribution is 2.39. The molecule has 0 heterocycles. The van der Waals surface area contributed by atoms with Gasteiger partial charge in [-0.05, 0) is 30.4 Å². The Kier molecular flexibility index (Phi) is 5.29. The highest BCUT2D eigenvalue weighted by molar-refractivity contribution is 8.13. The van der Waals surface area contributed by atoms with E-state index in [2.05, 4.69) is 0 Å².